The van der Waals surface area contributed by atoms with E-state index in [1.165, 1.54) is 54.2 Å². The molecule has 11 rings (SSSR count). The predicted molar refractivity (Wildman–Crippen MR) is 228 cm³/mol. The van der Waals surface area contributed by atoms with Gasteiger partial charge in [0.2, 0.25) is 0 Å². The van der Waals surface area contributed by atoms with Gasteiger partial charge in [0.25, 0.3) is 0 Å². The van der Waals surface area contributed by atoms with Crippen LogP contribution in [0.25, 0.3) is 105 Å². The lowest BCUT2D eigenvalue weighted by Gasteiger charge is -2.13. The van der Waals surface area contributed by atoms with Crippen LogP contribution in [0.5, 0.6) is 0 Å². The van der Waals surface area contributed by atoms with Gasteiger partial charge in [-0.15, -0.1) is 0 Å². The van der Waals surface area contributed by atoms with Gasteiger partial charge in [-0.3, -0.25) is 0 Å². The molecule has 0 spiro atoms. The maximum atomic E-state index is 5.21. The summed E-state index contributed by atoms with van der Waals surface area (Å²) >= 11 is 0. The Bertz CT molecular complexity index is 3220. The molecule has 0 aliphatic rings. The first-order valence-electron chi connectivity index (χ1n) is 18.6. The Morgan fingerprint density at radius 2 is 0.709 bits per heavy atom. The van der Waals surface area contributed by atoms with Crippen molar-refractivity contribution in [2.45, 2.75) is 0 Å². The Hall–Kier alpha value is -7.43. The molecule has 0 radical (unpaired) electrons. The predicted octanol–water partition coefficient (Wildman–Crippen LogP) is 13.1. The fraction of sp³-hybridized carbons (Fsp3) is 0. The quantitative estimate of drug-likeness (QED) is 0.168. The molecule has 55 heavy (non-hydrogen) atoms. The first kappa shape index (κ1) is 31.1. The number of hydrogen-bond donors (Lipinski definition) is 0. The van der Waals surface area contributed by atoms with Crippen LogP contribution in [-0.2, 0) is 0 Å². The molecule has 11 aromatic rings. The molecule has 0 aliphatic heterocycles. The van der Waals surface area contributed by atoms with Gasteiger partial charge in [0.1, 0.15) is 0 Å². The summed E-state index contributed by atoms with van der Waals surface area (Å²) < 4.78 is 2.35. The summed E-state index contributed by atoms with van der Waals surface area (Å²) in [5.41, 5.74) is 8.55. The molecule has 0 atom stereocenters. The van der Waals surface area contributed by atoms with E-state index in [4.69, 9.17) is 15.0 Å². The lowest BCUT2D eigenvalue weighted by Crippen LogP contribution is -2.01. The summed E-state index contributed by atoms with van der Waals surface area (Å²) in [6, 6.07) is 68.7. The van der Waals surface area contributed by atoms with Gasteiger partial charge in [-0.25, -0.2) is 15.0 Å². The minimum atomic E-state index is 0.626. The molecule has 9 aromatic carbocycles. The monoisotopic (exact) mass is 700 g/mol. The summed E-state index contributed by atoms with van der Waals surface area (Å²) in [7, 11) is 0. The summed E-state index contributed by atoms with van der Waals surface area (Å²) in [6.07, 6.45) is 0. The smallest absolute Gasteiger partial charge is 0.164 e. The van der Waals surface area contributed by atoms with E-state index in [0.717, 1.165) is 33.4 Å². The Labute approximate surface area is 317 Å². The molecule has 0 aliphatic carbocycles. The first-order valence-corrected chi connectivity index (χ1v) is 18.6. The van der Waals surface area contributed by atoms with Gasteiger partial charge in [0.15, 0.2) is 17.5 Å². The maximum absolute atomic E-state index is 5.21. The van der Waals surface area contributed by atoms with Crippen molar-refractivity contribution in [3.63, 3.8) is 0 Å². The Morgan fingerprint density at radius 3 is 1.38 bits per heavy atom. The van der Waals surface area contributed by atoms with Crippen LogP contribution in [0.3, 0.4) is 0 Å². The minimum absolute atomic E-state index is 0.626. The fourth-order valence-corrected chi connectivity index (χ4v) is 8.24. The van der Waals surface area contributed by atoms with E-state index in [0.29, 0.717) is 17.5 Å². The van der Waals surface area contributed by atoms with Crippen molar-refractivity contribution in [2.24, 2.45) is 0 Å². The second-order valence-corrected chi connectivity index (χ2v) is 14.0. The Kier molecular flexibility index (Phi) is 7.14. The van der Waals surface area contributed by atoms with Crippen LogP contribution in [0.4, 0.5) is 0 Å². The number of benzene rings is 9. The van der Waals surface area contributed by atoms with Crippen molar-refractivity contribution < 1.29 is 0 Å². The summed E-state index contributed by atoms with van der Waals surface area (Å²) in [5, 5.41) is 9.77. The average Bonchev–Trinajstić information content (AvgIpc) is 3.60. The van der Waals surface area contributed by atoms with Gasteiger partial charge in [0, 0.05) is 33.2 Å². The van der Waals surface area contributed by atoms with E-state index < -0.39 is 0 Å². The van der Waals surface area contributed by atoms with Crippen LogP contribution in [-0.4, -0.2) is 19.5 Å². The molecule has 0 bridgehead atoms. The normalized spacial score (nSPS) is 11.6. The molecule has 0 amide bonds. The van der Waals surface area contributed by atoms with Crippen molar-refractivity contribution in [3.8, 4) is 51.0 Å². The number of nitrogens with zero attached hydrogens (tertiary/aromatic N) is 4. The molecule has 4 heteroatoms. The van der Waals surface area contributed by atoms with E-state index >= 15 is 0 Å². The zero-order valence-corrected chi connectivity index (χ0v) is 29.8. The van der Waals surface area contributed by atoms with Gasteiger partial charge in [0.05, 0.1) is 11.0 Å². The van der Waals surface area contributed by atoms with Crippen molar-refractivity contribution in [3.05, 3.63) is 194 Å². The van der Waals surface area contributed by atoms with E-state index in [-0.39, 0.29) is 0 Å². The lowest BCUT2D eigenvalue weighted by atomic mass is 9.93. The molecule has 2 heterocycles. The summed E-state index contributed by atoms with van der Waals surface area (Å²) in [6.45, 7) is 0. The first-order chi connectivity index (χ1) is 27.3. The third-order valence-electron chi connectivity index (χ3n) is 10.8. The van der Waals surface area contributed by atoms with E-state index in [9.17, 15) is 0 Å². The standard InChI is InChI=1S/C51H32N4/c1-3-14-33(15-4-1)35-27-29-48-46(31-35)44-24-11-12-25-47(44)55(48)38-19-13-18-36(30-38)50-52-49(34-16-5-2-6-17-34)53-51(54-50)37-26-28-43-41-22-8-7-20-39(41)40-21-9-10-23-42(40)45(43)32-37/h1-32H. The van der Waals surface area contributed by atoms with Crippen LogP contribution in [0, 0.1) is 0 Å². The van der Waals surface area contributed by atoms with Crippen LogP contribution < -0.4 is 0 Å². The molecule has 0 unspecified atom stereocenters. The maximum Gasteiger partial charge on any atom is 0.164 e. The van der Waals surface area contributed by atoms with Crippen molar-refractivity contribution in [2.75, 3.05) is 0 Å². The number of rotatable bonds is 5. The van der Waals surface area contributed by atoms with Gasteiger partial charge in [-0.05, 0) is 79.8 Å². The summed E-state index contributed by atoms with van der Waals surface area (Å²) in [5.74, 6) is 1.90. The number of fused-ring (bicyclic) bond motifs is 9. The lowest BCUT2D eigenvalue weighted by molar-refractivity contribution is 1.07. The number of aromatic nitrogens is 4. The molecular weight excluding hydrogens is 669 g/mol. The van der Waals surface area contributed by atoms with Gasteiger partial charge < -0.3 is 4.57 Å². The molecular formula is C51H32N4. The van der Waals surface area contributed by atoms with Crippen molar-refractivity contribution in [1.29, 1.82) is 0 Å². The van der Waals surface area contributed by atoms with Gasteiger partial charge in [-0.2, -0.15) is 0 Å². The number of hydrogen-bond acceptors (Lipinski definition) is 3. The third kappa shape index (κ3) is 5.19. The van der Waals surface area contributed by atoms with Crippen LogP contribution in [0.2, 0.25) is 0 Å². The van der Waals surface area contributed by atoms with Gasteiger partial charge >= 0.3 is 0 Å². The van der Waals surface area contributed by atoms with Crippen LogP contribution >= 0.6 is 0 Å². The number of para-hydroxylation sites is 1. The molecule has 2 aromatic heterocycles. The highest BCUT2D eigenvalue weighted by molar-refractivity contribution is 6.25. The van der Waals surface area contributed by atoms with E-state index in [1.807, 2.05) is 18.2 Å². The van der Waals surface area contributed by atoms with Gasteiger partial charge in [-0.1, -0.05) is 158 Å². The Morgan fingerprint density at radius 1 is 0.255 bits per heavy atom. The average molecular weight is 701 g/mol. The molecule has 0 saturated carbocycles. The molecule has 0 N–H and O–H groups in total. The Balaban J connectivity index is 1.10. The fourth-order valence-electron chi connectivity index (χ4n) is 8.24. The summed E-state index contributed by atoms with van der Waals surface area (Å²) in [4.78, 5) is 15.4. The molecule has 256 valence electrons. The largest absolute Gasteiger partial charge is 0.309 e. The second kappa shape index (κ2) is 12.6. The highest BCUT2D eigenvalue weighted by Crippen LogP contribution is 2.38. The highest BCUT2D eigenvalue weighted by atomic mass is 15.0. The molecule has 0 fully saturated rings. The van der Waals surface area contributed by atoms with E-state index in [1.54, 1.807) is 0 Å². The third-order valence-corrected chi connectivity index (χ3v) is 10.8. The minimum Gasteiger partial charge on any atom is -0.309 e. The van der Waals surface area contributed by atoms with Crippen molar-refractivity contribution >= 4 is 54.1 Å². The highest BCUT2D eigenvalue weighted by Gasteiger charge is 2.17. The zero-order chi connectivity index (χ0) is 36.3. The molecule has 0 saturated heterocycles. The van der Waals surface area contributed by atoms with Crippen molar-refractivity contribution in [1.82, 2.24) is 19.5 Å². The molecule has 4 nitrogen and oxygen atoms in total. The SMILES string of the molecule is c1ccc(-c2ccc3c(c2)c2ccccc2n3-c2cccc(-c3nc(-c4ccccc4)nc(-c4ccc5c6ccccc6c6ccccc6c5c4)n3)c2)cc1. The zero-order valence-electron chi connectivity index (χ0n) is 29.8. The van der Waals surface area contributed by atoms with E-state index in [2.05, 4.69) is 180 Å². The van der Waals surface area contributed by atoms with Crippen LogP contribution in [0.1, 0.15) is 0 Å². The van der Waals surface area contributed by atoms with Crippen LogP contribution in [0.15, 0.2) is 194 Å². The topological polar surface area (TPSA) is 43.6 Å². The second-order valence-electron chi connectivity index (χ2n) is 14.0.